The number of benzene rings is 1. The van der Waals surface area contributed by atoms with Crippen LogP contribution in [0.2, 0.25) is 0 Å². The zero-order chi connectivity index (χ0) is 13.5. The molecule has 0 aliphatic carbocycles. The SMILES string of the molecule is CCCNc1cccc(SC(C)CO)c1[N+](=O)[O-]. The minimum Gasteiger partial charge on any atom is -0.395 e. The average molecular weight is 270 g/mol. The molecule has 18 heavy (non-hydrogen) atoms. The molecule has 100 valence electrons. The first-order valence-corrected chi connectivity index (χ1v) is 6.76. The molecule has 1 atom stereocenters. The van der Waals surface area contributed by atoms with Crippen LogP contribution in [-0.2, 0) is 0 Å². The smallest absolute Gasteiger partial charge is 0.305 e. The Balaban J connectivity index is 3.05. The molecule has 0 bridgehead atoms. The van der Waals surface area contributed by atoms with Gasteiger partial charge in [-0.3, -0.25) is 10.1 Å². The molecule has 0 aliphatic heterocycles. The third kappa shape index (κ3) is 3.89. The summed E-state index contributed by atoms with van der Waals surface area (Å²) >= 11 is 1.31. The summed E-state index contributed by atoms with van der Waals surface area (Å²) in [5.74, 6) is 0. The predicted molar refractivity (Wildman–Crippen MR) is 74.3 cm³/mol. The van der Waals surface area contributed by atoms with Crippen LogP contribution in [0.1, 0.15) is 20.3 Å². The number of thioether (sulfide) groups is 1. The van der Waals surface area contributed by atoms with E-state index in [0.717, 1.165) is 6.42 Å². The van der Waals surface area contributed by atoms with Crippen LogP contribution in [0.5, 0.6) is 0 Å². The highest BCUT2D eigenvalue weighted by Gasteiger charge is 2.21. The van der Waals surface area contributed by atoms with Crippen molar-refractivity contribution in [3.05, 3.63) is 28.3 Å². The van der Waals surface area contributed by atoms with Crippen molar-refractivity contribution in [3.63, 3.8) is 0 Å². The molecule has 1 aromatic carbocycles. The number of nitrogens with zero attached hydrogens (tertiary/aromatic N) is 1. The second-order valence-electron chi connectivity index (χ2n) is 3.95. The van der Waals surface area contributed by atoms with Gasteiger partial charge in [0.1, 0.15) is 5.69 Å². The summed E-state index contributed by atoms with van der Waals surface area (Å²) in [6.45, 7) is 4.53. The molecule has 0 amide bonds. The lowest BCUT2D eigenvalue weighted by atomic mass is 10.2. The van der Waals surface area contributed by atoms with Crippen LogP contribution in [0.3, 0.4) is 0 Å². The van der Waals surface area contributed by atoms with Gasteiger partial charge in [0.25, 0.3) is 0 Å². The van der Waals surface area contributed by atoms with Gasteiger partial charge < -0.3 is 10.4 Å². The lowest BCUT2D eigenvalue weighted by molar-refractivity contribution is -0.386. The molecule has 1 unspecified atom stereocenters. The fraction of sp³-hybridized carbons (Fsp3) is 0.500. The van der Waals surface area contributed by atoms with Crippen molar-refractivity contribution in [1.82, 2.24) is 0 Å². The largest absolute Gasteiger partial charge is 0.395 e. The highest BCUT2D eigenvalue weighted by atomic mass is 32.2. The third-order valence-corrected chi connectivity index (χ3v) is 3.47. The molecule has 6 heteroatoms. The summed E-state index contributed by atoms with van der Waals surface area (Å²) in [6, 6.07) is 5.21. The molecule has 0 heterocycles. The number of nitro benzene ring substituents is 1. The van der Waals surface area contributed by atoms with E-state index in [2.05, 4.69) is 5.32 Å². The van der Waals surface area contributed by atoms with E-state index in [0.29, 0.717) is 17.1 Å². The zero-order valence-corrected chi connectivity index (χ0v) is 11.4. The van der Waals surface area contributed by atoms with E-state index in [9.17, 15) is 10.1 Å². The average Bonchev–Trinajstić information content (AvgIpc) is 2.35. The minimum absolute atomic E-state index is 0.00552. The highest BCUT2D eigenvalue weighted by molar-refractivity contribution is 8.00. The van der Waals surface area contributed by atoms with Gasteiger partial charge in [-0.25, -0.2) is 0 Å². The van der Waals surface area contributed by atoms with Crippen molar-refractivity contribution in [2.75, 3.05) is 18.5 Å². The first-order valence-electron chi connectivity index (χ1n) is 5.89. The summed E-state index contributed by atoms with van der Waals surface area (Å²) in [5, 5.41) is 23.2. The lowest BCUT2D eigenvalue weighted by Gasteiger charge is -2.11. The Morgan fingerprint density at radius 1 is 1.56 bits per heavy atom. The Kier molecular flexibility index (Phi) is 5.94. The van der Waals surface area contributed by atoms with E-state index in [1.807, 2.05) is 13.8 Å². The standard InChI is InChI=1S/C12H18N2O3S/c1-3-7-13-10-5-4-6-11(12(10)14(16)17)18-9(2)8-15/h4-6,9,13,15H,3,7-8H2,1-2H3. The maximum atomic E-state index is 11.2. The van der Waals surface area contributed by atoms with Gasteiger partial charge in [-0.05, 0) is 18.6 Å². The van der Waals surface area contributed by atoms with Gasteiger partial charge in [-0.2, -0.15) is 0 Å². The van der Waals surface area contributed by atoms with Gasteiger partial charge >= 0.3 is 5.69 Å². The lowest BCUT2D eigenvalue weighted by Crippen LogP contribution is -2.06. The number of nitrogens with one attached hydrogen (secondary N) is 1. The summed E-state index contributed by atoms with van der Waals surface area (Å²) in [6.07, 6.45) is 0.904. The Morgan fingerprint density at radius 2 is 2.28 bits per heavy atom. The van der Waals surface area contributed by atoms with E-state index in [4.69, 9.17) is 5.11 Å². The van der Waals surface area contributed by atoms with Crippen LogP contribution in [0.4, 0.5) is 11.4 Å². The van der Waals surface area contributed by atoms with Crippen molar-refractivity contribution in [3.8, 4) is 0 Å². The van der Waals surface area contributed by atoms with Crippen LogP contribution >= 0.6 is 11.8 Å². The maximum absolute atomic E-state index is 11.2. The van der Waals surface area contributed by atoms with E-state index in [1.165, 1.54) is 11.8 Å². The molecule has 0 aromatic heterocycles. The minimum atomic E-state index is -0.371. The number of nitro groups is 1. The molecule has 0 fully saturated rings. The normalized spacial score (nSPS) is 12.2. The third-order valence-electron chi connectivity index (χ3n) is 2.33. The molecule has 1 rings (SSSR count). The quantitative estimate of drug-likeness (QED) is 0.452. The van der Waals surface area contributed by atoms with E-state index in [-0.39, 0.29) is 22.5 Å². The zero-order valence-electron chi connectivity index (χ0n) is 10.5. The summed E-state index contributed by atoms with van der Waals surface area (Å²) in [4.78, 5) is 11.4. The number of aliphatic hydroxyl groups is 1. The Hall–Kier alpha value is -1.27. The van der Waals surface area contributed by atoms with Gasteiger partial charge in [-0.1, -0.05) is 19.9 Å². The maximum Gasteiger partial charge on any atom is 0.305 e. The van der Waals surface area contributed by atoms with Crippen LogP contribution in [0, 0.1) is 10.1 Å². The topological polar surface area (TPSA) is 75.4 Å². The number of para-hydroxylation sites is 1. The monoisotopic (exact) mass is 270 g/mol. The van der Waals surface area contributed by atoms with Gasteiger partial charge in [-0.15, -0.1) is 11.8 Å². The van der Waals surface area contributed by atoms with Crippen LogP contribution in [0.15, 0.2) is 23.1 Å². The first kappa shape index (κ1) is 14.8. The van der Waals surface area contributed by atoms with E-state index in [1.54, 1.807) is 18.2 Å². The van der Waals surface area contributed by atoms with Crippen LogP contribution in [0.25, 0.3) is 0 Å². The molecule has 2 N–H and O–H groups in total. The van der Waals surface area contributed by atoms with Crippen molar-refractivity contribution in [2.24, 2.45) is 0 Å². The fourth-order valence-electron chi connectivity index (χ4n) is 1.46. The molecule has 1 aromatic rings. The fourth-order valence-corrected chi connectivity index (χ4v) is 2.42. The van der Waals surface area contributed by atoms with Crippen molar-refractivity contribution >= 4 is 23.1 Å². The van der Waals surface area contributed by atoms with Gasteiger partial charge in [0, 0.05) is 11.8 Å². The number of anilines is 1. The molecule has 0 aliphatic rings. The molecular formula is C12H18N2O3S. The number of rotatable bonds is 7. The van der Waals surface area contributed by atoms with Crippen molar-refractivity contribution in [2.45, 2.75) is 30.4 Å². The Labute approximate surface area is 111 Å². The van der Waals surface area contributed by atoms with Crippen molar-refractivity contribution in [1.29, 1.82) is 0 Å². The number of hydrogen-bond acceptors (Lipinski definition) is 5. The molecule has 0 radical (unpaired) electrons. The van der Waals surface area contributed by atoms with Crippen molar-refractivity contribution < 1.29 is 10.0 Å². The van der Waals surface area contributed by atoms with Gasteiger partial charge in [0.05, 0.1) is 16.4 Å². The van der Waals surface area contributed by atoms with Crippen LogP contribution in [-0.4, -0.2) is 28.4 Å². The molecule has 0 spiro atoms. The number of aliphatic hydroxyl groups excluding tert-OH is 1. The number of hydrogen-bond donors (Lipinski definition) is 2. The van der Waals surface area contributed by atoms with Gasteiger partial charge in [0.15, 0.2) is 0 Å². The summed E-state index contributed by atoms with van der Waals surface area (Å²) in [7, 11) is 0. The summed E-state index contributed by atoms with van der Waals surface area (Å²) < 4.78 is 0. The molecular weight excluding hydrogens is 252 g/mol. The molecule has 5 nitrogen and oxygen atoms in total. The molecule has 0 saturated heterocycles. The van der Waals surface area contributed by atoms with Crippen LogP contribution < -0.4 is 5.32 Å². The molecule has 0 saturated carbocycles. The van der Waals surface area contributed by atoms with E-state index >= 15 is 0 Å². The predicted octanol–water partition coefficient (Wildman–Crippen LogP) is 2.89. The Morgan fingerprint density at radius 3 is 2.83 bits per heavy atom. The Bertz CT molecular complexity index is 412. The van der Waals surface area contributed by atoms with E-state index < -0.39 is 0 Å². The summed E-state index contributed by atoms with van der Waals surface area (Å²) in [5.41, 5.74) is 0.633. The second kappa shape index (κ2) is 7.23. The first-order chi connectivity index (χ1) is 8.60. The highest BCUT2D eigenvalue weighted by Crippen LogP contribution is 2.37. The van der Waals surface area contributed by atoms with Gasteiger partial charge in [0.2, 0.25) is 0 Å². The second-order valence-corrected chi connectivity index (χ2v) is 5.43.